The summed E-state index contributed by atoms with van der Waals surface area (Å²) < 4.78 is 24.4. The zero-order valence-electron chi connectivity index (χ0n) is 14.7. The van der Waals surface area contributed by atoms with Crippen LogP contribution in [0.5, 0.6) is 0 Å². The fourth-order valence-electron chi connectivity index (χ4n) is 2.52. The lowest BCUT2D eigenvalue weighted by atomic mass is 10.2. The molecular weight excluding hydrogens is 342 g/mol. The van der Waals surface area contributed by atoms with Gasteiger partial charge in [0, 0.05) is 32.6 Å². The number of carbonyl (C=O) groups is 2. The summed E-state index contributed by atoms with van der Waals surface area (Å²) in [5, 5.41) is 2.52. The topological polar surface area (TPSA) is 86.8 Å². The Kier molecular flexibility index (Phi) is 6.55. The maximum absolute atomic E-state index is 12.2. The third kappa shape index (κ3) is 5.82. The average Bonchev–Trinajstić information content (AvgIpc) is 2.59. The van der Waals surface area contributed by atoms with E-state index in [4.69, 9.17) is 0 Å². The maximum Gasteiger partial charge on any atom is 0.242 e. The minimum Gasteiger partial charge on any atom is -0.347 e. The molecule has 1 aliphatic rings. The number of carbonyl (C=O) groups excluding carboxylic acids is 2. The number of amides is 2. The van der Waals surface area contributed by atoms with Crippen LogP contribution in [-0.2, 0) is 19.4 Å². The molecule has 2 amide bonds. The Labute approximate surface area is 148 Å². The molecule has 1 fully saturated rings. The number of rotatable bonds is 6. The number of aryl methyl sites for hydroxylation is 1. The van der Waals surface area contributed by atoms with Crippen LogP contribution in [-0.4, -0.2) is 75.6 Å². The van der Waals surface area contributed by atoms with Gasteiger partial charge in [-0.15, -0.1) is 0 Å². The highest BCUT2D eigenvalue weighted by molar-refractivity contribution is 7.91. The number of piperazine rings is 1. The highest BCUT2D eigenvalue weighted by atomic mass is 32.2. The van der Waals surface area contributed by atoms with E-state index in [-0.39, 0.29) is 29.5 Å². The molecule has 1 N–H and O–H groups in total. The van der Waals surface area contributed by atoms with Gasteiger partial charge < -0.3 is 15.1 Å². The van der Waals surface area contributed by atoms with Crippen LogP contribution in [0.4, 0.5) is 0 Å². The van der Waals surface area contributed by atoms with Gasteiger partial charge in [-0.3, -0.25) is 9.59 Å². The second-order valence-electron chi connectivity index (χ2n) is 6.34. The number of nitrogens with one attached hydrogen (secondary N) is 1. The summed E-state index contributed by atoms with van der Waals surface area (Å²) in [6.07, 6.45) is -0.160. The van der Waals surface area contributed by atoms with E-state index in [0.29, 0.717) is 13.1 Å². The van der Waals surface area contributed by atoms with E-state index in [0.717, 1.165) is 18.7 Å². The van der Waals surface area contributed by atoms with Gasteiger partial charge in [-0.2, -0.15) is 0 Å². The third-order valence-electron chi connectivity index (χ3n) is 4.27. The van der Waals surface area contributed by atoms with Gasteiger partial charge in [-0.1, -0.05) is 17.7 Å². The minimum atomic E-state index is -3.50. The molecule has 1 heterocycles. The molecule has 1 aromatic rings. The van der Waals surface area contributed by atoms with Crippen LogP contribution in [0, 0.1) is 6.92 Å². The van der Waals surface area contributed by atoms with Crippen molar-refractivity contribution in [2.45, 2.75) is 18.2 Å². The van der Waals surface area contributed by atoms with Crippen molar-refractivity contribution in [2.24, 2.45) is 0 Å². The normalized spacial score (nSPS) is 15.8. The van der Waals surface area contributed by atoms with Gasteiger partial charge in [0.05, 0.1) is 17.2 Å². The smallest absolute Gasteiger partial charge is 0.242 e. The van der Waals surface area contributed by atoms with E-state index in [9.17, 15) is 18.0 Å². The predicted molar refractivity (Wildman–Crippen MR) is 94.9 cm³/mol. The summed E-state index contributed by atoms with van der Waals surface area (Å²) in [6, 6.07) is 6.53. The molecule has 0 unspecified atom stereocenters. The van der Waals surface area contributed by atoms with Gasteiger partial charge in [0.15, 0.2) is 9.84 Å². The maximum atomic E-state index is 12.2. The number of nitrogens with zero attached hydrogens (tertiary/aromatic N) is 2. The fourth-order valence-corrected chi connectivity index (χ4v) is 3.76. The molecule has 1 aromatic carbocycles. The number of sulfone groups is 1. The summed E-state index contributed by atoms with van der Waals surface area (Å²) in [7, 11) is -1.50. The molecule has 0 saturated carbocycles. The Morgan fingerprint density at radius 1 is 1.08 bits per heavy atom. The second-order valence-corrected chi connectivity index (χ2v) is 8.45. The van der Waals surface area contributed by atoms with Gasteiger partial charge >= 0.3 is 0 Å². The van der Waals surface area contributed by atoms with Crippen LogP contribution in [0.2, 0.25) is 0 Å². The average molecular weight is 367 g/mol. The Balaban J connectivity index is 1.76. The van der Waals surface area contributed by atoms with Crippen molar-refractivity contribution in [1.82, 2.24) is 15.1 Å². The van der Waals surface area contributed by atoms with Gasteiger partial charge in [0.1, 0.15) is 0 Å². The molecule has 0 spiro atoms. The predicted octanol–water partition coefficient (Wildman–Crippen LogP) is 0.0490. The molecule has 0 aromatic heterocycles. The van der Waals surface area contributed by atoms with E-state index in [1.807, 2.05) is 14.0 Å². The van der Waals surface area contributed by atoms with E-state index in [1.165, 1.54) is 0 Å². The SMILES string of the molecule is Cc1ccc(S(=O)(=O)CCC(=O)NCC(=O)N2CCN(C)CC2)cc1. The monoisotopic (exact) mass is 367 g/mol. The molecule has 8 heteroatoms. The highest BCUT2D eigenvalue weighted by Crippen LogP contribution is 2.13. The Bertz CT molecular complexity index is 708. The summed E-state index contributed by atoms with van der Waals surface area (Å²) >= 11 is 0. The highest BCUT2D eigenvalue weighted by Gasteiger charge is 2.20. The summed E-state index contributed by atoms with van der Waals surface area (Å²) in [5.74, 6) is -0.842. The van der Waals surface area contributed by atoms with Gasteiger partial charge in [0.2, 0.25) is 11.8 Å². The first-order valence-electron chi connectivity index (χ1n) is 8.30. The van der Waals surface area contributed by atoms with Crippen molar-refractivity contribution in [3.8, 4) is 0 Å². The Hall–Kier alpha value is -1.93. The van der Waals surface area contributed by atoms with E-state index in [2.05, 4.69) is 10.2 Å². The van der Waals surface area contributed by atoms with Crippen LogP contribution in [0.15, 0.2) is 29.2 Å². The van der Waals surface area contributed by atoms with Crippen molar-refractivity contribution in [1.29, 1.82) is 0 Å². The summed E-state index contributed by atoms with van der Waals surface area (Å²) in [6.45, 7) is 4.71. The van der Waals surface area contributed by atoms with Gasteiger partial charge in [-0.25, -0.2) is 8.42 Å². The molecule has 0 aliphatic carbocycles. The summed E-state index contributed by atoms with van der Waals surface area (Å²) in [5.41, 5.74) is 0.971. The molecule has 1 aliphatic heterocycles. The fraction of sp³-hybridized carbons (Fsp3) is 0.529. The first-order chi connectivity index (χ1) is 11.8. The molecular formula is C17H25N3O4S. The lowest BCUT2D eigenvalue weighted by molar-refractivity contribution is -0.134. The molecule has 0 radical (unpaired) electrons. The number of hydrogen-bond donors (Lipinski definition) is 1. The molecule has 0 bridgehead atoms. The molecule has 25 heavy (non-hydrogen) atoms. The van der Waals surface area contributed by atoms with Crippen molar-refractivity contribution >= 4 is 21.7 Å². The lowest BCUT2D eigenvalue weighted by Crippen LogP contribution is -2.50. The van der Waals surface area contributed by atoms with Crippen LogP contribution in [0.1, 0.15) is 12.0 Å². The van der Waals surface area contributed by atoms with Gasteiger partial charge in [0.25, 0.3) is 0 Å². The zero-order valence-corrected chi connectivity index (χ0v) is 15.5. The van der Waals surface area contributed by atoms with Crippen LogP contribution in [0.3, 0.4) is 0 Å². The molecule has 1 saturated heterocycles. The van der Waals surface area contributed by atoms with Gasteiger partial charge in [-0.05, 0) is 26.1 Å². The van der Waals surface area contributed by atoms with E-state index < -0.39 is 15.7 Å². The van der Waals surface area contributed by atoms with Crippen LogP contribution in [0.25, 0.3) is 0 Å². The van der Waals surface area contributed by atoms with Crippen molar-refractivity contribution in [3.63, 3.8) is 0 Å². The number of hydrogen-bond acceptors (Lipinski definition) is 5. The quantitative estimate of drug-likeness (QED) is 0.768. The molecule has 0 atom stereocenters. The minimum absolute atomic E-state index is 0.0902. The summed E-state index contributed by atoms with van der Waals surface area (Å²) in [4.78, 5) is 28.0. The standard InChI is InChI=1S/C17H25N3O4S/c1-14-3-5-15(6-4-14)25(23,24)12-7-16(21)18-13-17(22)20-10-8-19(2)9-11-20/h3-6H,7-13H2,1-2H3,(H,18,21). The zero-order chi connectivity index (χ0) is 18.4. The van der Waals surface area contributed by atoms with Crippen molar-refractivity contribution < 1.29 is 18.0 Å². The Morgan fingerprint density at radius 2 is 1.68 bits per heavy atom. The molecule has 2 rings (SSSR count). The van der Waals surface area contributed by atoms with E-state index in [1.54, 1.807) is 29.2 Å². The second kappa shape index (κ2) is 8.44. The van der Waals surface area contributed by atoms with Crippen molar-refractivity contribution in [2.75, 3.05) is 45.5 Å². The van der Waals surface area contributed by atoms with E-state index >= 15 is 0 Å². The lowest BCUT2D eigenvalue weighted by Gasteiger charge is -2.32. The largest absolute Gasteiger partial charge is 0.347 e. The van der Waals surface area contributed by atoms with Crippen LogP contribution >= 0.6 is 0 Å². The first-order valence-corrected chi connectivity index (χ1v) is 9.95. The third-order valence-corrected chi connectivity index (χ3v) is 6.00. The number of benzene rings is 1. The van der Waals surface area contributed by atoms with Crippen LogP contribution < -0.4 is 5.32 Å². The van der Waals surface area contributed by atoms with Crippen molar-refractivity contribution in [3.05, 3.63) is 29.8 Å². The molecule has 7 nitrogen and oxygen atoms in total. The first kappa shape index (κ1) is 19.4. The molecule has 138 valence electrons. The number of likely N-dealkylation sites (N-methyl/N-ethyl adjacent to an activating group) is 1. The Morgan fingerprint density at radius 3 is 2.28 bits per heavy atom.